The van der Waals surface area contributed by atoms with Crippen molar-refractivity contribution in [2.45, 2.75) is 57.3 Å². The quantitative estimate of drug-likeness (QED) is 0.783. The Morgan fingerprint density at radius 3 is 2.27 bits per heavy atom. The van der Waals surface area contributed by atoms with E-state index in [2.05, 4.69) is 40.5 Å². The van der Waals surface area contributed by atoms with E-state index in [1.807, 2.05) is 7.05 Å². The lowest BCUT2D eigenvalue weighted by Crippen LogP contribution is -2.39. The minimum atomic E-state index is 0. The van der Waals surface area contributed by atoms with Gasteiger partial charge in [-0.05, 0) is 81.9 Å². The summed E-state index contributed by atoms with van der Waals surface area (Å²) in [6.07, 6.45) is 9.32. The Balaban J connectivity index is 0.00000243. The van der Waals surface area contributed by atoms with Crippen molar-refractivity contribution in [1.29, 1.82) is 0 Å². The Hall–Kier alpha value is -1.06. The van der Waals surface area contributed by atoms with Crippen LogP contribution >= 0.6 is 12.4 Å². The predicted molar refractivity (Wildman–Crippen MR) is 111 cm³/mol. The number of carbonyl (C=O) groups is 1. The number of piperidine rings is 1. The molecule has 1 aliphatic heterocycles. The molecule has 0 bridgehead atoms. The van der Waals surface area contributed by atoms with Gasteiger partial charge in [0.05, 0.1) is 0 Å². The van der Waals surface area contributed by atoms with E-state index in [0.29, 0.717) is 17.7 Å². The molecular weight excluding hydrogens is 344 g/mol. The average molecular weight is 379 g/mol. The molecule has 1 aliphatic carbocycles. The summed E-state index contributed by atoms with van der Waals surface area (Å²) in [7, 11) is 2.02. The monoisotopic (exact) mass is 378 g/mol. The van der Waals surface area contributed by atoms with Crippen LogP contribution in [0, 0.1) is 11.8 Å². The second kappa shape index (κ2) is 10.9. The summed E-state index contributed by atoms with van der Waals surface area (Å²) in [6, 6.07) is 10.9. The molecule has 1 N–H and O–H groups in total. The predicted octanol–water partition coefficient (Wildman–Crippen LogP) is 4.62. The maximum atomic E-state index is 12.7. The van der Waals surface area contributed by atoms with Gasteiger partial charge < -0.3 is 10.2 Å². The van der Waals surface area contributed by atoms with Crippen LogP contribution in [0.15, 0.2) is 30.3 Å². The third kappa shape index (κ3) is 5.99. The highest BCUT2D eigenvalue weighted by molar-refractivity contribution is 5.85. The van der Waals surface area contributed by atoms with Gasteiger partial charge in [0.15, 0.2) is 0 Å². The fourth-order valence-corrected chi connectivity index (χ4v) is 4.62. The van der Waals surface area contributed by atoms with E-state index in [1.165, 1.54) is 50.5 Å². The van der Waals surface area contributed by atoms with Crippen molar-refractivity contribution >= 4 is 18.3 Å². The molecule has 1 saturated heterocycles. The highest BCUT2D eigenvalue weighted by Gasteiger charge is 2.27. The maximum Gasteiger partial charge on any atom is 0.222 e. The summed E-state index contributed by atoms with van der Waals surface area (Å²) in [5, 5.41) is 3.24. The Morgan fingerprint density at radius 2 is 1.65 bits per heavy atom. The number of benzene rings is 1. The van der Waals surface area contributed by atoms with Crippen LogP contribution in [0.4, 0.5) is 0 Å². The lowest BCUT2D eigenvalue weighted by atomic mass is 9.77. The fraction of sp³-hybridized carbons (Fsp3) is 0.682. The number of hydrogen-bond acceptors (Lipinski definition) is 2. The molecule has 0 spiro atoms. The number of halogens is 1. The minimum Gasteiger partial charge on any atom is -0.343 e. The van der Waals surface area contributed by atoms with Crippen LogP contribution in [0.5, 0.6) is 0 Å². The molecule has 4 heteroatoms. The topological polar surface area (TPSA) is 32.3 Å². The average Bonchev–Trinajstić information content (AvgIpc) is 2.68. The van der Waals surface area contributed by atoms with Gasteiger partial charge in [0, 0.05) is 19.5 Å². The molecule has 0 radical (unpaired) electrons. The fourth-order valence-electron chi connectivity index (χ4n) is 4.62. The van der Waals surface area contributed by atoms with E-state index in [1.54, 1.807) is 0 Å². The summed E-state index contributed by atoms with van der Waals surface area (Å²) in [5.41, 5.74) is 1.48. The molecule has 1 heterocycles. The lowest BCUT2D eigenvalue weighted by molar-refractivity contribution is -0.133. The highest BCUT2D eigenvalue weighted by atomic mass is 35.5. The van der Waals surface area contributed by atoms with Gasteiger partial charge in [-0.3, -0.25) is 4.79 Å². The number of rotatable bonds is 6. The van der Waals surface area contributed by atoms with E-state index in [-0.39, 0.29) is 12.4 Å². The van der Waals surface area contributed by atoms with Crippen molar-refractivity contribution in [2.24, 2.45) is 11.8 Å². The molecule has 2 aliphatic rings. The number of nitrogens with one attached hydrogen (secondary N) is 1. The first-order valence-corrected chi connectivity index (χ1v) is 10.2. The number of likely N-dealkylation sites (tertiary alicyclic amines) is 1. The SMILES string of the molecule is CNCCC1CCN(C(=O)CC2CCC(c3ccccc3)CC2)CC1.Cl. The maximum absolute atomic E-state index is 12.7. The number of amides is 1. The van der Waals surface area contributed by atoms with Crippen molar-refractivity contribution in [2.75, 3.05) is 26.7 Å². The second-order valence-electron chi connectivity index (χ2n) is 8.05. The van der Waals surface area contributed by atoms with Crippen molar-refractivity contribution < 1.29 is 4.79 Å². The van der Waals surface area contributed by atoms with Crippen molar-refractivity contribution in [3.63, 3.8) is 0 Å². The van der Waals surface area contributed by atoms with Crippen LogP contribution in [0.3, 0.4) is 0 Å². The smallest absolute Gasteiger partial charge is 0.222 e. The van der Waals surface area contributed by atoms with Gasteiger partial charge in [-0.2, -0.15) is 0 Å². The zero-order valence-corrected chi connectivity index (χ0v) is 17.0. The van der Waals surface area contributed by atoms with Crippen LogP contribution in [0.2, 0.25) is 0 Å². The van der Waals surface area contributed by atoms with E-state index in [9.17, 15) is 4.79 Å². The number of carbonyl (C=O) groups excluding carboxylic acids is 1. The zero-order chi connectivity index (χ0) is 17.5. The van der Waals surface area contributed by atoms with E-state index >= 15 is 0 Å². The van der Waals surface area contributed by atoms with Crippen molar-refractivity contribution in [3.8, 4) is 0 Å². The molecule has 3 nitrogen and oxygen atoms in total. The van der Waals surface area contributed by atoms with Crippen LogP contribution in [-0.4, -0.2) is 37.5 Å². The van der Waals surface area contributed by atoms with E-state index in [4.69, 9.17) is 0 Å². The first-order chi connectivity index (χ1) is 12.3. The van der Waals surface area contributed by atoms with Crippen molar-refractivity contribution in [3.05, 3.63) is 35.9 Å². The standard InChI is InChI=1S/C22H34N2O.ClH/c1-23-14-11-18-12-15-24(16-13-18)22(25)17-19-7-9-21(10-8-19)20-5-3-2-4-6-20;/h2-6,18-19,21,23H,7-17H2,1H3;1H. The Bertz CT molecular complexity index is 520. The summed E-state index contributed by atoms with van der Waals surface area (Å²) in [5.74, 6) is 2.53. The van der Waals surface area contributed by atoms with Crippen LogP contribution in [0.25, 0.3) is 0 Å². The highest BCUT2D eigenvalue weighted by Crippen LogP contribution is 2.37. The molecule has 1 aromatic rings. The molecular formula is C22H35ClN2O. The van der Waals surface area contributed by atoms with Crippen LogP contribution < -0.4 is 5.32 Å². The molecule has 146 valence electrons. The van der Waals surface area contributed by atoms with Gasteiger partial charge in [-0.1, -0.05) is 30.3 Å². The molecule has 1 saturated carbocycles. The van der Waals surface area contributed by atoms with Gasteiger partial charge in [0.25, 0.3) is 0 Å². The van der Waals surface area contributed by atoms with Crippen LogP contribution in [-0.2, 0) is 4.79 Å². The van der Waals surface area contributed by atoms with E-state index < -0.39 is 0 Å². The molecule has 0 atom stereocenters. The summed E-state index contributed by atoms with van der Waals surface area (Å²) >= 11 is 0. The first kappa shape index (κ1) is 21.2. The van der Waals surface area contributed by atoms with Gasteiger partial charge in [-0.25, -0.2) is 0 Å². The normalized spacial score (nSPS) is 24.1. The molecule has 0 unspecified atom stereocenters. The Kier molecular flexibility index (Phi) is 8.94. The third-order valence-electron chi connectivity index (χ3n) is 6.35. The Morgan fingerprint density at radius 1 is 1.00 bits per heavy atom. The third-order valence-corrected chi connectivity index (χ3v) is 6.35. The molecule has 1 aromatic carbocycles. The molecule has 1 amide bonds. The molecule has 26 heavy (non-hydrogen) atoms. The van der Waals surface area contributed by atoms with Crippen LogP contribution in [0.1, 0.15) is 62.8 Å². The molecule has 2 fully saturated rings. The number of nitrogens with zero attached hydrogens (tertiary/aromatic N) is 1. The minimum absolute atomic E-state index is 0. The van der Waals surface area contributed by atoms with Crippen molar-refractivity contribution in [1.82, 2.24) is 10.2 Å². The molecule has 3 rings (SSSR count). The van der Waals surface area contributed by atoms with Gasteiger partial charge >= 0.3 is 0 Å². The summed E-state index contributed by atoms with van der Waals surface area (Å²) in [4.78, 5) is 14.8. The first-order valence-electron chi connectivity index (χ1n) is 10.2. The number of hydrogen-bond donors (Lipinski definition) is 1. The Labute approximate surface area is 165 Å². The largest absolute Gasteiger partial charge is 0.343 e. The van der Waals surface area contributed by atoms with Gasteiger partial charge in [0.1, 0.15) is 0 Å². The second-order valence-corrected chi connectivity index (χ2v) is 8.05. The zero-order valence-electron chi connectivity index (χ0n) is 16.2. The van der Waals surface area contributed by atoms with E-state index in [0.717, 1.165) is 32.0 Å². The van der Waals surface area contributed by atoms with Gasteiger partial charge in [-0.15, -0.1) is 12.4 Å². The summed E-state index contributed by atoms with van der Waals surface area (Å²) in [6.45, 7) is 3.06. The molecule has 0 aromatic heterocycles. The van der Waals surface area contributed by atoms with Gasteiger partial charge in [0.2, 0.25) is 5.91 Å². The summed E-state index contributed by atoms with van der Waals surface area (Å²) < 4.78 is 0. The lowest BCUT2D eigenvalue weighted by Gasteiger charge is -2.34.